The van der Waals surface area contributed by atoms with Gasteiger partial charge in [0.15, 0.2) is 12.4 Å². The van der Waals surface area contributed by atoms with Crippen molar-refractivity contribution in [2.45, 2.75) is 45.1 Å². The number of nitrogens with zero attached hydrogens (tertiary/aromatic N) is 2. The third-order valence-electron chi connectivity index (χ3n) is 4.72. The zero-order valence-corrected chi connectivity index (χ0v) is 16.8. The minimum Gasteiger partial charge on any atom is -1.00 e. The fourth-order valence-corrected chi connectivity index (χ4v) is 3.29. The highest BCUT2D eigenvalue weighted by molar-refractivity contribution is 5.90. The van der Waals surface area contributed by atoms with Gasteiger partial charge in [0.1, 0.15) is 6.54 Å². The van der Waals surface area contributed by atoms with Gasteiger partial charge in [-0.1, -0.05) is 6.07 Å². The van der Waals surface area contributed by atoms with Crippen LogP contribution in [0, 0.1) is 0 Å². The fraction of sp³-hybridized carbons (Fsp3) is 0.429. The molecule has 1 amide bonds. The Morgan fingerprint density at radius 2 is 1.65 bits per heavy atom. The number of nitrogens with one attached hydrogen (secondary N) is 1. The number of hydrogen-bond acceptors (Lipinski definition) is 2. The van der Waals surface area contributed by atoms with Crippen LogP contribution in [0.4, 0.5) is 11.4 Å². The Kier molecular flexibility index (Phi) is 8.62. The van der Waals surface area contributed by atoms with Crippen LogP contribution in [0.15, 0.2) is 54.9 Å². The third-order valence-corrected chi connectivity index (χ3v) is 4.72. The second kappa shape index (κ2) is 11.0. The molecule has 140 valence electrons. The first-order chi connectivity index (χ1) is 12.3. The summed E-state index contributed by atoms with van der Waals surface area (Å²) in [6.07, 6.45) is 10.5. The molecule has 0 saturated carbocycles. The molecular formula is C21H28BrN3O. The Balaban J connectivity index is 0.00000243. The molecule has 5 heteroatoms. The minimum atomic E-state index is 0. The van der Waals surface area contributed by atoms with Crippen molar-refractivity contribution in [3.05, 3.63) is 54.9 Å². The zero-order valence-electron chi connectivity index (χ0n) is 15.2. The zero-order chi connectivity index (χ0) is 17.3. The molecule has 3 rings (SSSR count). The van der Waals surface area contributed by atoms with E-state index in [1.807, 2.05) is 30.3 Å². The summed E-state index contributed by atoms with van der Waals surface area (Å²) in [6.45, 7) is 3.24. The standard InChI is InChI=1S/C21H27N3O.BrH/c25-21(9-3-8-16-23-14-4-1-5-15-23)22-19-10-12-20(13-11-19)24-17-6-2-7-18-24;/h1,4-5,10-15H,2-3,6-9,16-18H2;1H. The van der Waals surface area contributed by atoms with E-state index in [0.29, 0.717) is 6.42 Å². The molecule has 2 heterocycles. The summed E-state index contributed by atoms with van der Waals surface area (Å²) in [5.74, 6) is 0.101. The number of aromatic nitrogens is 1. The number of anilines is 2. The molecule has 1 aromatic heterocycles. The van der Waals surface area contributed by atoms with Crippen molar-refractivity contribution in [2.75, 3.05) is 23.3 Å². The molecule has 1 aliphatic heterocycles. The van der Waals surface area contributed by atoms with Crippen LogP contribution in [-0.4, -0.2) is 19.0 Å². The maximum atomic E-state index is 12.1. The minimum absolute atomic E-state index is 0. The van der Waals surface area contributed by atoms with E-state index in [9.17, 15) is 4.79 Å². The highest BCUT2D eigenvalue weighted by Crippen LogP contribution is 2.21. The highest BCUT2D eigenvalue weighted by Gasteiger charge is 2.11. The molecule has 4 nitrogen and oxygen atoms in total. The molecule has 0 aliphatic carbocycles. The van der Waals surface area contributed by atoms with E-state index in [2.05, 4.69) is 39.3 Å². The Morgan fingerprint density at radius 3 is 2.35 bits per heavy atom. The van der Waals surface area contributed by atoms with Gasteiger partial charge in [0, 0.05) is 49.4 Å². The van der Waals surface area contributed by atoms with Crippen molar-refractivity contribution >= 4 is 17.3 Å². The van der Waals surface area contributed by atoms with E-state index in [0.717, 1.165) is 38.2 Å². The molecule has 0 radical (unpaired) electrons. The predicted molar refractivity (Wildman–Crippen MR) is 102 cm³/mol. The number of carbonyl (C=O) groups excluding carboxylic acids is 1. The maximum absolute atomic E-state index is 12.1. The summed E-state index contributed by atoms with van der Waals surface area (Å²) >= 11 is 0. The maximum Gasteiger partial charge on any atom is 0.224 e. The number of carbonyl (C=O) groups is 1. The number of aryl methyl sites for hydroxylation is 1. The van der Waals surface area contributed by atoms with Gasteiger partial charge in [-0.2, -0.15) is 0 Å². The number of benzene rings is 1. The quantitative estimate of drug-likeness (QED) is 0.533. The normalized spacial score (nSPS) is 13.8. The molecular weight excluding hydrogens is 390 g/mol. The van der Waals surface area contributed by atoms with Gasteiger partial charge in [0.05, 0.1) is 0 Å². The van der Waals surface area contributed by atoms with Gasteiger partial charge in [-0.05, 0) is 49.9 Å². The lowest BCUT2D eigenvalue weighted by atomic mass is 10.1. The monoisotopic (exact) mass is 417 g/mol. The van der Waals surface area contributed by atoms with Gasteiger partial charge in [-0.15, -0.1) is 0 Å². The van der Waals surface area contributed by atoms with Crippen molar-refractivity contribution in [3.63, 3.8) is 0 Å². The van der Waals surface area contributed by atoms with E-state index in [4.69, 9.17) is 0 Å². The molecule has 0 unspecified atom stereocenters. The molecule has 2 aromatic rings. The molecule has 1 aromatic carbocycles. The number of rotatable bonds is 7. The summed E-state index contributed by atoms with van der Waals surface area (Å²) in [5.41, 5.74) is 2.15. The topological polar surface area (TPSA) is 36.2 Å². The number of piperidine rings is 1. The van der Waals surface area contributed by atoms with E-state index in [1.165, 1.54) is 24.9 Å². The molecule has 1 saturated heterocycles. The Morgan fingerprint density at radius 1 is 0.962 bits per heavy atom. The van der Waals surface area contributed by atoms with Crippen molar-refractivity contribution in [1.82, 2.24) is 0 Å². The molecule has 0 bridgehead atoms. The van der Waals surface area contributed by atoms with Crippen LogP contribution < -0.4 is 31.8 Å². The smallest absolute Gasteiger partial charge is 0.224 e. The lowest BCUT2D eigenvalue weighted by Crippen LogP contribution is -3.00. The van der Waals surface area contributed by atoms with Crippen LogP contribution in [0.25, 0.3) is 0 Å². The average Bonchev–Trinajstić information content (AvgIpc) is 2.67. The lowest BCUT2D eigenvalue weighted by molar-refractivity contribution is -0.697. The summed E-state index contributed by atoms with van der Waals surface area (Å²) < 4.78 is 2.15. The number of amides is 1. The third kappa shape index (κ3) is 6.45. The first kappa shape index (κ1) is 20.4. The summed E-state index contributed by atoms with van der Waals surface area (Å²) in [6, 6.07) is 14.3. The van der Waals surface area contributed by atoms with Gasteiger partial charge in [0.2, 0.25) is 5.91 Å². The van der Waals surface area contributed by atoms with Crippen LogP contribution in [-0.2, 0) is 11.3 Å². The van der Waals surface area contributed by atoms with E-state index >= 15 is 0 Å². The largest absolute Gasteiger partial charge is 1.00 e. The van der Waals surface area contributed by atoms with Crippen molar-refractivity contribution < 1.29 is 26.3 Å². The molecule has 26 heavy (non-hydrogen) atoms. The number of unbranched alkanes of at least 4 members (excludes halogenated alkanes) is 1. The van der Waals surface area contributed by atoms with E-state index in [-0.39, 0.29) is 22.9 Å². The van der Waals surface area contributed by atoms with Crippen LogP contribution in [0.1, 0.15) is 38.5 Å². The Bertz CT molecular complexity index is 655. The van der Waals surface area contributed by atoms with Crippen molar-refractivity contribution in [1.29, 1.82) is 0 Å². The second-order valence-electron chi connectivity index (χ2n) is 6.71. The van der Waals surface area contributed by atoms with Gasteiger partial charge in [-0.25, -0.2) is 4.57 Å². The average molecular weight is 418 g/mol. The van der Waals surface area contributed by atoms with Gasteiger partial charge >= 0.3 is 0 Å². The summed E-state index contributed by atoms with van der Waals surface area (Å²) in [7, 11) is 0. The van der Waals surface area contributed by atoms with Crippen LogP contribution >= 0.6 is 0 Å². The van der Waals surface area contributed by atoms with Crippen LogP contribution in [0.5, 0.6) is 0 Å². The lowest BCUT2D eigenvalue weighted by Gasteiger charge is -2.28. The summed E-state index contributed by atoms with van der Waals surface area (Å²) in [5, 5.41) is 3.01. The predicted octanol–water partition coefficient (Wildman–Crippen LogP) is 0.777. The first-order valence-electron chi connectivity index (χ1n) is 9.40. The first-order valence-corrected chi connectivity index (χ1v) is 9.40. The number of halogens is 1. The van der Waals surface area contributed by atoms with Gasteiger partial charge in [0.25, 0.3) is 0 Å². The Hall–Kier alpha value is -1.88. The van der Waals surface area contributed by atoms with E-state index < -0.39 is 0 Å². The fourth-order valence-electron chi connectivity index (χ4n) is 3.29. The molecule has 1 fully saturated rings. The molecule has 1 N–H and O–H groups in total. The van der Waals surface area contributed by atoms with Crippen molar-refractivity contribution in [3.8, 4) is 0 Å². The SMILES string of the molecule is O=C(CCCC[n+]1ccccc1)Nc1ccc(N2CCCCC2)cc1.[Br-]. The summed E-state index contributed by atoms with van der Waals surface area (Å²) in [4.78, 5) is 14.5. The Labute approximate surface area is 167 Å². The molecule has 1 aliphatic rings. The van der Waals surface area contributed by atoms with Crippen LogP contribution in [0.3, 0.4) is 0 Å². The second-order valence-corrected chi connectivity index (χ2v) is 6.71. The van der Waals surface area contributed by atoms with Gasteiger partial charge in [-0.3, -0.25) is 4.79 Å². The number of hydrogen-bond donors (Lipinski definition) is 1. The highest BCUT2D eigenvalue weighted by atomic mass is 79.9. The van der Waals surface area contributed by atoms with Gasteiger partial charge < -0.3 is 27.2 Å². The van der Waals surface area contributed by atoms with Crippen molar-refractivity contribution in [2.24, 2.45) is 0 Å². The molecule has 0 atom stereocenters. The number of pyridine rings is 1. The van der Waals surface area contributed by atoms with E-state index in [1.54, 1.807) is 0 Å². The molecule has 0 spiro atoms. The van der Waals surface area contributed by atoms with Crippen LogP contribution in [0.2, 0.25) is 0 Å².